The largest absolute Gasteiger partial charge is 0.444 e. The molecule has 4 bridgehead atoms. The molecule has 8 heteroatoms. The minimum Gasteiger partial charge on any atom is -0.444 e. The van der Waals surface area contributed by atoms with Crippen molar-refractivity contribution in [1.82, 2.24) is 9.80 Å². The molecule has 0 unspecified atom stereocenters. The Morgan fingerprint density at radius 2 is 0.938 bits per heavy atom. The summed E-state index contributed by atoms with van der Waals surface area (Å²) in [5, 5.41) is 0. The fourth-order valence-electron chi connectivity index (χ4n) is 5.58. The number of amides is 2. The van der Waals surface area contributed by atoms with E-state index in [-0.39, 0.29) is 36.4 Å². The molecular weight excluding hydrogens is 408 g/mol. The highest BCUT2D eigenvalue weighted by atomic mass is 16.6. The maximum absolute atomic E-state index is 12.1. The quantitative estimate of drug-likeness (QED) is 0.579. The molecule has 32 heavy (non-hydrogen) atoms. The molecule has 4 fully saturated rings. The molecule has 4 N–H and O–H groups in total. The van der Waals surface area contributed by atoms with Crippen LogP contribution in [0.3, 0.4) is 0 Å². The van der Waals surface area contributed by atoms with Gasteiger partial charge in [0.25, 0.3) is 0 Å². The van der Waals surface area contributed by atoms with Gasteiger partial charge in [-0.15, -0.1) is 0 Å². The Morgan fingerprint density at radius 3 is 1.25 bits per heavy atom. The van der Waals surface area contributed by atoms with E-state index in [1.54, 1.807) is 0 Å². The number of nitrogens with two attached hydrogens (primary N) is 2. The van der Waals surface area contributed by atoms with Gasteiger partial charge in [0.05, 0.1) is 12.1 Å². The molecule has 8 nitrogen and oxygen atoms in total. The van der Waals surface area contributed by atoms with E-state index in [1.807, 2.05) is 51.3 Å². The minimum atomic E-state index is -0.419. The minimum absolute atomic E-state index is 0.131. The van der Waals surface area contributed by atoms with E-state index in [0.29, 0.717) is 12.1 Å². The van der Waals surface area contributed by atoms with Crippen molar-refractivity contribution in [2.75, 3.05) is 0 Å². The Hall–Kier alpha value is -1.54. The number of ether oxygens (including phenoxy) is 2. The number of carbonyl (C=O) groups is 2. The first-order chi connectivity index (χ1) is 14.8. The van der Waals surface area contributed by atoms with Gasteiger partial charge in [0.2, 0.25) is 0 Å². The van der Waals surface area contributed by atoms with Gasteiger partial charge < -0.3 is 30.7 Å². The highest BCUT2D eigenvalue weighted by Gasteiger charge is 2.46. The van der Waals surface area contributed by atoms with Crippen LogP contribution in [0.5, 0.6) is 0 Å². The molecule has 4 saturated heterocycles. The monoisotopic (exact) mass is 452 g/mol. The molecule has 4 rings (SSSR count). The lowest BCUT2D eigenvalue weighted by Gasteiger charge is -2.39. The van der Waals surface area contributed by atoms with E-state index in [0.717, 1.165) is 51.4 Å². The molecule has 6 atom stereocenters. The van der Waals surface area contributed by atoms with E-state index in [1.165, 1.54) is 0 Å². The fourth-order valence-corrected chi connectivity index (χ4v) is 5.58. The number of hydrogen-bond donors (Lipinski definition) is 2. The normalized spacial score (nSPS) is 34.0. The highest BCUT2D eigenvalue weighted by Crippen LogP contribution is 2.37. The Balaban J connectivity index is 0.000000181. The van der Waals surface area contributed by atoms with Crippen LogP contribution in [-0.4, -0.2) is 69.4 Å². The van der Waals surface area contributed by atoms with Crippen molar-refractivity contribution >= 4 is 12.2 Å². The van der Waals surface area contributed by atoms with Crippen molar-refractivity contribution in [1.29, 1.82) is 0 Å². The molecule has 4 aliphatic rings. The molecular formula is C24H44N4O4. The smallest absolute Gasteiger partial charge is 0.410 e. The number of hydrogen-bond acceptors (Lipinski definition) is 6. The summed E-state index contributed by atoms with van der Waals surface area (Å²) in [6, 6.07) is 1.39. The lowest BCUT2D eigenvalue weighted by Crippen LogP contribution is -2.54. The van der Waals surface area contributed by atoms with Crippen LogP contribution in [0.25, 0.3) is 0 Å². The molecule has 4 heterocycles. The molecule has 0 aliphatic carbocycles. The lowest BCUT2D eigenvalue weighted by atomic mass is 9.99. The van der Waals surface area contributed by atoms with Gasteiger partial charge in [-0.05, 0) is 92.9 Å². The number of rotatable bonds is 0. The van der Waals surface area contributed by atoms with E-state index in [4.69, 9.17) is 20.9 Å². The molecule has 184 valence electrons. The first kappa shape index (κ1) is 25.1. The van der Waals surface area contributed by atoms with Gasteiger partial charge in [-0.3, -0.25) is 0 Å². The Kier molecular flexibility index (Phi) is 7.35. The van der Waals surface area contributed by atoms with E-state index in [9.17, 15) is 9.59 Å². The SMILES string of the molecule is CC(C)(C)OC(=O)N1[C@H]2CC[C@@H](N)[C@@H]1CC2.CC(C)(C)OC(=O)N1[C@H]2CC[C@@H]1[C@@H](N)CC2. The van der Waals surface area contributed by atoms with Crippen molar-refractivity contribution < 1.29 is 19.1 Å². The Bertz CT molecular complexity index is 628. The second kappa shape index (κ2) is 9.37. The number of piperidine rings is 2. The zero-order chi connectivity index (χ0) is 23.8. The maximum Gasteiger partial charge on any atom is 0.410 e. The summed E-state index contributed by atoms with van der Waals surface area (Å²) in [6.07, 6.45) is 7.98. The van der Waals surface area contributed by atoms with E-state index < -0.39 is 11.2 Å². The Morgan fingerprint density at radius 1 is 0.625 bits per heavy atom. The van der Waals surface area contributed by atoms with Crippen LogP contribution in [0.4, 0.5) is 9.59 Å². The molecule has 0 aromatic heterocycles. The van der Waals surface area contributed by atoms with Crippen LogP contribution in [0, 0.1) is 0 Å². The second-order valence-electron chi connectivity index (χ2n) is 11.9. The van der Waals surface area contributed by atoms with Crippen molar-refractivity contribution in [3.8, 4) is 0 Å². The van der Waals surface area contributed by atoms with Crippen LogP contribution < -0.4 is 11.5 Å². The summed E-state index contributed by atoms with van der Waals surface area (Å²) in [4.78, 5) is 27.9. The number of fused-ring (bicyclic) bond motifs is 4. The summed E-state index contributed by atoms with van der Waals surface area (Å²) in [5.74, 6) is 0. The predicted octanol–water partition coefficient (Wildman–Crippen LogP) is 3.75. The van der Waals surface area contributed by atoms with Gasteiger partial charge in [-0.1, -0.05) is 0 Å². The van der Waals surface area contributed by atoms with Crippen molar-refractivity contribution in [3.63, 3.8) is 0 Å². The fraction of sp³-hybridized carbons (Fsp3) is 0.917. The zero-order valence-electron chi connectivity index (χ0n) is 20.8. The van der Waals surface area contributed by atoms with Gasteiger partial charge in [-0.25, -0.2) is 9.59 Å². The molecule has 0 radical (unpaired) electrons. The third-order valence-electron chi connectivity index (χ3n) is 6.96. The first-order valence-electron chi connectivity index (χ1n) is 12.3. The van der Waals surface area contributed by atoms with Gasteiger partial charge in [0.15, 0.2) is 0 Å². The summed E-state index contributed by atoms with van der Waals surface area (Å²) in [6.45, 7) is 11.4. The van der Waals surface area contributed by atoms with Crippen molar-refractivity contribution in [2.24, 2.45) is 11.5 Å². The van der Waals surface area contributed by atoms with E-state index in [2.05, 4.69) is 0 Å². The third-order valence-corrected chi connectivity index (χ3v) is 6.96. The third kappa shape index (κ3) is 5.87. The van der Waals surface area contributed by atoms with Crippen LogP contribution in [0.2, 0.25) is 0 Å². The molecule has 2 amide bonds. The summed E-state index contributed by atoms with van der Waals surface area (Å²) >= 11 is 0. The predicted molar refractivity (Wildman–Crippen MR) is 124 cm³/mol. The van der Waals surface area contributed by atoms with Crippen molar-refractivity contribution in [3.05, 3.63) is 0 Å². The summed E-state index contributed by atoms with van der Waals surface area (Å²) in [5.41, 5.74) is 11.3. The summed E-state index contributed by atoms with van der Waals surface area (Å²) in [7, 11) is 0. The van der Waals surface area contributed by atoms with Crippen LogP contribution >= 0.6 is 0 Å². The van der Waals surface area contributed by atoms with Crippen LogP contribution in [0.15, 0.2) is 0 Å². The van der Waals surface area contributed by atoms with Crippen LogP contribution in [0.1, 0.15) is 92.9 Å². The maximum atomic E-state index is 12.1. The first-order valence-corrected chi connectivity index (χ1v) is 12.3. The molecule has 0 aromatic carbocycles. The average Bonchev–Trinajstić information content (AvgIpc) is 3.16. The van der Waals surface area contributed by atoms with E-state index >= 15 is 0 Å². The molecule has 0 saturated carbocycles. The zero-order valence-corrected chi connectivity index (χ0v) is 20.8. The van der Waals surface area contributed by atoms with Gasteiger partial charge in [0, 0.05) is 24.2 Å². The second-order valence-corrected chi connectivity index (χ2v) is 11.9. The van der Waals surface area contributed by atoms with Gasteiger partial charge in [-0.2, -0.15) is 0 Å². The standard InChI is InChI=1S/2C12H22N2O2/c2*1-12(2,3)16-11(15)14-8-4-6-9(13)10(14)7-5-8/h2*8-10H,4-7,13H2,1-3H3/t2*8-,9+,10-/m10/s1. The number of carbonyl (C=O) groups excluding carboxylic acids is 2. The van der Waals surface area contributed by atoms with Gasteiger partial charge >= 0.3 is 12.2 Å². The molecule has 0 spiro atoms. The highest BCUT2D eigenvalue weighted by molar-refractivity contribution is 5.70. The van der Waals surface area contributed by atoms with Crippen LogP contribution in [-0.2, 0) is 9.47 Å². The number of nitrogens with zero attached hydrogens (tertiary/aromatic N) is 2. The topological polar surface area (TPSA) is 111 Å². The average molecular weight is 453 g/mol. The van der Waals surface area contributed by atoms with Gasteiger partial charge in [0.1, 0.15) is 11.2 Å². The summed E-state index contributed by atoms with van der Waals surface area (Å²) < 4.78 is 10.9. The lowest BCUT2D eigenvalue weighted by molar-refractivity contribution is 0.00405. The van der Waals surface area contributed by atoms with Crippen molar-refractivity contribution in [2.45, 2.75) is 140 Å². The Labute approximate surface area is 193 Å². The molecule has 0 aromatic rings. The molecule has 4 aliphatic heterocycles.